The Labute approximate surface area is 113 Å². The molecule has 0 spiro atoms. The Bertz CT molecular complexity index is 740. The van der Waals surface area contributed by atoms with Crippen LogP contribution in [0.25, 0.3) is 22.4 Å². The normalized spacial score (nSPS) is 11.1. The van der Waals surface area contributed by atoms with Crippen LogP contribution in [0.3, 0.4) is 0 Å². The van der Waals surface area contributed by atoms with Crippen molar-refractivity contribution in [2.24, 2.45) is 7.05 Å². The molecule has 1 aromatic carbocycles. The van der Waals surface area contributed by atoms with Crippen molar-refractivity contribution < 1.29 is 8.98 Å². The molecular formula is C17H18NO+. The number of hydrogen-bond donors (Lipinski definition) is 0. The number of pyridine rings is 1. The summed E-state index contributed by atoms with van der Waals surface area (Å²) in [5.41, 5.74) is 4.61. The third kappa shape index (κ3) is 1.93. The number of rotatable bonds is 2. The van der Waals surface area contributed by atoms with Crippen LogP contribution in [0.15, 0.2) is 47.0 Å². The van der Waals surface area contributed by atoms with Crippen LogP contribution in [0.4, 0.5) is 0 Å². The summed E-state index contributed by atoms with van der Waals surface area (Å²) >= 11 is 0. The number of fused-ring (bicyclic) bond motifs is 1. The lowest BCUT2D eigenvalue weighted by Crippen LogP contribution is -2.29. The molecule has 3 rings (SSSR count). The molecule has 2 nitrogen and oxygen atoms in total. The first-order valence-electron chi connectivity index (χ1n) is 6.67. The number of furan rings is 1. The predicted molar refractivity (Wildman–Crippen MR) is 76.9 cm³/mol. The first kappa shape index (κ1) is 12.0. The summed E-state index contributed by atoms with van der Waals surface area (Å²) < 4.78 is 8.18. The maximum Gasteiger partial charge on any atom is 0.248 e. The zero-order valence-corrected chi connectivity index (χ0v) is 11.6. The number of benzene rings is 1. The fourth-order valence-electron chi connectivity index (χ4n) is 2.49. The summed E-state index contributed by atoms with van der Waals surface area (Å²) in [6.07, 6.45) is 3.07. The molecule has 0 aliphatic carbocycles. The molecule has 3 aromatic rings. The van der Waals surface area contributed by atoms with Gasteiger partial charge in [0.1, 0.15) is 12.6 Å². The first-order chi connectivity index (χ1) is 9.20. The van der Waals surface area contributed by atoms with Gasteiger partial charge in [-0.3, -0.25) is 0 Å². The topological polar surface area (TPSA) is 17.0 Å². The van der Waals surface area contributed by atoms with Gasteiger partial charge in [0.05, 0.1) is 0 Å². The zero-order chi connectivity index (χ0) is 13.4. The molecule has 0 unspecified atom stereocenters. The minimum atomic E-state index is 0.964. The largest absolute Gasteiger partial charge is 0.449 e. The van der Waals surface area contributed by atoms with E-state index in [2.05, 4.69) is 42.7 Å². The number of hydrogen-bond acceptors (Lipinski definition) is 1. The summed E-state index contributed by atoms with van der Waals surface area (Å²) in [6, 6.07) is 12.6. The monoisotopic (exact) mass is 252 g/mol. The minimum absolute atomic E-state index is 0.964. The van der Waals surface area contributed by atoms with Crippen LogP contribution in [-0.2, 0) is 13.5 Å². The lowest BCUT2D eigenvalue weighted by molar-refractivity contribution is -0.660. The summed E-state index contributed by atoms with van der Waals surface area (Å²) in [7, 11) is 2.04. The number of aromatic nitrogens is 1. The smallest absolute Gasteiger partial charge is 0.248 e. The predicted octanol–water partition coefficient (Wildman–Crippen LogP) is 3.80. The Morgan fingerprint density at radius 1 is 1.16 bits per heavy atom. The molecule has 0 amide bonds. The Morgan fingerprint density at radius 2 is 2.00 bits per heavy atom. The molecule has 0 N–H and O–H groups in total. The maximum atomic E-state index is 6.09. The lowest BCUT2D eigenvalue weighted by atomic mass is 10.1. The Morgan fingerprint density at radius 3 is 2.74 bits per heavy atom. The number of aryl methyl sites for hydroxylation is 3. The highest BCUT2D eigenvalue weighted by Gasteiger charge is 2.18. The number of nitrogens with zero attached hydrogens (tertiary/aromatic N) is 1. The van der Waals surface area contributed by atoms with E-state index in [-0.39, 0.29) is 0 Å². The third-order valence-electron chi connectivity index (χ3n) is 3.70. The summed E-state index contributed by atoms with van der Waals surface area (Å²) in [6.45, 7) is 4.29. The van der Waals surface area contributed by atoms with Gasteiger partial charge in [0, 0.05) is 23.1 Å². The second-order valence-electron chi connectivity index (χ2n) is 4.94. The average molecular weight is 252 g/mol. The van der Waals surface area contributed by atoms with Crippen LogP contribution in [-0.4, -0.2) is 0 Å². The van der Waals surface area contributed by atoms with Crippen molar-refractivity contribution in [2.45, 2.75) is 20.3 Å². The average Bonchev–Trinajstić information content (AvgIpc) is 2.76. The van der Waals surface area contributed by atoms with Crippen molar-refractivity contribution >= 4 is 11.0 Å². The van der Waals surface area contributed by atoms with Crippen LogP contribution < -0.4 is 4.57 Å². The van der Waals surface area contributed by atoms with Gasteiger partial charge in [-0.1, -0.05) is 19.1 Å². The highest BCUT2D eigenvalue weighted by molar-refractivity contribution is 5.87. The van der Waals surface area contributed by atoms with Crippen molar-refractivity contribution in [2.75, 3.05) is 0 Å². The van der Waals surface area contributed by atoms with E-state index in [0.29, 0.717) is 0 Å². The van der Waals surface area contributed by atoms with E-state index in [9.17, 15) is 0 Å². The molecule has 2 heterocycles. The van der Waals surface area contributed by atoms with Crippen LogP contribution in [0.2, 0.25) is 0 Å². The van der Waals surface area contributed by atoms with E-state index < -0.39 is 0 Å². The lowest BCUT2D eigenvalue weighted by Gasteiger charge is -1.96. The van der Waals surface area contributed by atoms with Crippen LogP contribution in [0.1, 0.15) is 18.1 Å². The molecule has 0 aliphatic heterocycles. The van der Waals surface area contributed by atoms with E-state index in [1.807, 2.05) is 25.4 Å². The molecule has 0 radical (unpaired) electrons. The first-order valence-corrected chi connectivity index (χ1v) is 6.67. The van der Waals surface area contributed by atoms with Crippen molar-refractivity contribution in [3.05, 3.63) is 53.7 Å². The van der Waals surface area contributed by atoms with Crippen LogP contribution in [0.5, 0.6) is 0 Å². The van der Waals surface area contributed by atoms with E-state index in [1.165, 1.54) is 16.5 Å². The standard InChI is InChI=1S/C17H18NO/c1-4-13-8-9-14-12(2)17(19-16(14)11-13)15-7-5-6-10-18(15)3/h5-11H,4H2,1-3H3/q+1. The van der Waals surface area contributed by atoms with Crippen molar-refractivity contribution in [3.8, 4) is 11.5 Å². The fourth-order valence-corrected chi connectivity index (χ4v) is 2.49. The fraction of sp³-hybridized carbons (Fsp3) is 0.235. The van der Waals surface area contributed by atoms with E-state index in [1.54, 1.807) is 0 Å². The molecule has 0 fully saturated rings. The zero-order valence-electron chi connectivity index (χ0n) is 11.6. The van der Waals surface area contributed by atoms with Gasteiger partial charge in [0.2, 0.25) is 11.5 Å². The van der Waals surface area contributed by atoms with E-state index in [0.717, 1.165) is 23.5 Å². The molecule has 0 atom stereocenters. The van der Waals surface area contributed by atoms with Crippen molar-refractivity contribution in [1.82, 2.24) is 0 Å². The molecule has 96 valence electrons. The SMILES string of the molecule is CCc1ccc2c(C)c(-c3cccc[n+]3C)oc2c1. The van der Waals surface area contributed by atoms with Gasteiger partial charge < -0.3 is 4.42 Å². The van der Waals surface area contributed by atoms with Gasteiger partial charge in [0.15, 0.2) is 6.20 Å². The van der Waals surface area contributed by atoms with Gasteiger partial charge in [-0.25, -0.2) is 0 Å². The second-order valence-corrected chi connectivity index (χ2v) is 4.94. The molecule has 2 heteroatoms. The van der Waals surface area contributed by atoms with Crippen LogP contribution in [0, 0.1) is 6.92 Å². The van der Waals surface area contributed by atoms with E-state index in [4.69, 9.17) is 4.42 Å². The molecule has 2 aromatic heterocycles. The highest BCUT2D eigenvalue weighted by Crippen LogP contribution is 2.31. The summed E-state index contributed by atoms with van der Waals surface area (Å²) in [5.74, 6) is 0.964. The molecule has 0 bridgehead atoms. The quantitative estimate of drug-likeness (QED) is 0.634. The van der Waals surface area contributed by atoms with Gasteiger partial charge in [-0.05, 0) is 31.0 Å². The van der Waals surface area contributed by atoms with E-state index >= 15 is 0 Å². The van der Waals surface area contributed by atoms with Crippen LogP contribution >= 0.6 is 0 Å². The van der Waals surface area contributed by atoms with Crippen molar-refractivity contribution in [3.63, 3.8) is 0 Å². The van der Waals surface area contributed by atoms with Gasteiger partial charge >= 0.3 is 0 Å². The van der Waals surface area contributed by atoms with Gasteiger partial charge in [-0.2, -0.15) is 4.57 Å². The second kappa shape index (κ2) is 4.54. The Balaban J connectivity index is 2.25. The minimum Gasteiger partial charge on any atom is -0.449 e. The molecule has 0 aliphatic rings. The van der Waals surface area contributed by atoms with Crippen molar-refractivity contribution in [1.29, 1.82) is 0 Å². The Kier molecular flexibility index (Phi) is 2.86. The third-order valence-corrected chi connectivity index (χ3v) is 3.70. The highest BCUT2D eigenvalue weighted by atomic mass is 16.3. The molecule has 0 saturated heterocycles. The molecule has 19 heavy (non-hydrogen) atoms. The summed E-state index contributed by atoms with van der Waals surface area (Å²) in [5, 5.41) is 1.20. The molecular weight excluding hydrogens is 234 g/mol. The maximum absolute atomic E-state index is 6.09. The summed E-state index contributed by atoms with van der Waals surface area (Å²) in [4.78, 5) is 0. The van der Waals surface area contributed by atoms with Gasteiger partial charge in [0.25, 0.3) is 0 Å². The Hall–Kier alpha value is -2.09. The van der Waals surface area contributed by atoms with Gasteiger partial charge in [-0.15, -0.1) is 0 Å². The molecule has 0 saturated carbocycles.